The van der Waals surface area contributed by atoms with Gasteiger partial charge in [-0.15, -0.1) is 0 Å². The minimum Gasteiger partial charge on any atom is -0.395 e. The van der Waals surface area contributed by atoms with Crippen LogP contribution in [0.25, 0.3) is 0 Å². The monoisotopic (exact) mass is 262 g/mol. The van der Waals surface area contributed by atoms with E-state index < -0.39 is 0 Å². The number of hydrogen-bond acceptors (Lipinski definition) is 3. The third kappa shape index (κ3) is 3.78. The van der Waals surface area contributed by atoms with Crippen molar-refractivity contribution in [1.82, 2.24) is 4.90 Å². The Morgan fingerprint density at radius 2 is 2.00 bits per heavy atom. The standard InChI is InChI=1S/C15H22N2O2/c1-11-4-3-5-12(2)15(11)16-14(19)10-17(8-9-18)13-6-7-13/h3-5,13,18H,6-10H2,1-2H3,(H,16,19). The molecule has 1 aliphatic rings. The molecule has 0 radical (unpaired) electrons. The fraction of sp³-hybridized carbons (Fsp3) is 0.533. The van der Waals surface area contributed by atoms with Crippen LogP contribution in [0.1, 0.15) is 24.0 Å². The number of benzene rings is 1. The maximum absolute atomic E-state index is 12.1. The van der Waals surface area contributed by atoms with Crippen molar-refractivity contribution < 1.29 is 9.90 Å². The maximum atomic E-state index is 12.1. The Kier molecular flexibility index (Phi) is 4.56. The summed E-state index contributed by atoms with van der Waals surface area (Å²) in [7, 11) is 0. The van der Waals surface area contributed by atoms with Crippen molar-refractivity contribution in [3.63, 3.8) is 0 Å². The lowest BCUT2D eigenvalue weighted by Gasteiger charge is -2.20. The van der Waals surface area contributed by atoms with E-state index in [4.69, 9.17) is 5.11 Å². The van der Waals surface area contributed by atoms with Gasteiger partial charge in [0.1, 0.15) is 0 Å². The number of rotatable bonds is 6. The lowest BCUT2D eigenvalue weighted by atomic mass is 10.1. The number of aliphatic hydroxyl groups excluding tert-OH is 1. The fourth-order valence-electron chi connectivity index (χ4n) is 2.33. The summed E-state index contributed by atoms with van der Waals surface area (Å²) in [5.74, 6) is -0.00208. The van der Waals surface area contributed by atoms with E-state index in [0.717, 1.165) is 29.7 Å². The molecule has 4 nitrogen and oxygen atoms in total. The molecular formula is C15H22N2O2. The van der Waals surface area contributed by atoms with Gasteiger partial charge in [-0.05, 0) is 37.8 Å². The van der Waals surface area contributed by atoms with E-state index in [-0.39, 0.29) is 12.5 Å². The van der Waals surface area contributed by atoms with Gasteiger partial charge in [-0.3, -0.25) is 9.69 Å². The van der Waals surface area contributed by atoms with Gasteiger partial charge in [0.05, 0.1) is 13.2 Å². The first-order chi connectivity index (χ1) is 9.11. The lowest BCUT2D eigenvalue weighted by molar-refractivity contribution is -0.117. The molecule has 1 amide bonds. The third-order valence-corrected chi connectivity index (χ3v) is 3.54. The molecule has 0 bridgehead atoms. The van der Waals surface area contributed by atoms with Gasteiger partial charge in [0.25, 0.3) is 0 Å². The molecule has 2 N–H and O–H groups in total. The van der Waals surface area contributed by atoms with Gasteiger partial charge in [0.15, 0.2) is 0 Å². The first kappa shape index (κ1) is 14.0. The Morgan fingerprint density at radius 3 is 2.53 bits per heavy atom. The number of carbonyl (C=O) groups excluding carboxylic acids is 1. The van der Waals surface area contributed by atoms with Crippen LogP contribution in [0, 0.1) is 13.8 Å². The number of nitrogens with one attached hydrogen (secondary N) is 1. The topological polar surface area (TPSA) is 52.6 Å². The molecule has 1 saturated carbocycles. The van der Waals surface area contributed by atoms with Crippen LogP contribution < -0.4 is 5.32 Å². The number of carbonyl (C=O) groups is 1. The number of amides is 1. The van der Waals surface area contributed by atoms with Crippen LogP contribution in [0.4, 0.5) is 5.69 Å². The Balaban J connectivity index is 1.96. The van der Waals surface area contributed by atoms with Crippen LogP contribution in [0.2, 0.25) is 0 Å². The van der Waals surface area contributed by atoms with Crippen LogP contribution in [-0.2, 0) is 4.79 Å². The molecule has 1 aromatic carbocycles. The van der Waals surface area contributed by atoms with Crippen LogP contribution in [-0.4, -0.2) is 41.7 Å². The van der Waals surface area contributed by atoms with Gasteiger partial charge in [-0.25, -0.2) is 0 Å². The summed E-state index contributed by atoms with van der Waals surface area (Å²) in [6, 6.07) is 6.46. The number of nitrogens with zero attached hydrogens (tertiary/aromatic N) is 1. The zero-order valence-corrected chi connectivity index (χ0v) is 11.6. The smallest absolute Gasteiger partial charge is 0.238 e. The summed E-state index contributed by atoms with van der Waals surface area (Å²) >= 11 is 0. The van der Waals surface area contributed by atoms with Gasteiger partial charge < -0.3 is 10.4 Å². The normalized spacial score (nSPS) is 14.7. The summed E-state index contributed by atoms with van der Waals surface area (Å²) in [5, 5.41) is 12.0. The first-order valence-corrected chi connectivity index (χ1v) is 6.83. The number of anilines is 1. The van der Waals surface area contributed by atoms with Crippen molar-refractivity contribution in [2.45, 2.75) is 32.7 Å². The van der Waals surface area contributed by atoms with E-state index in [0.29, 0.717) is 19.1 Å². The number of aryl methyl sites for hydroxylation is 2. The van der Waals surface area contributed by atoms with Gasteiger partial charge in [0.2, 0.25) is 5.91 Å². The molecule has 19 heavy (non-hydrogen) atoms. The van der Waals surface area contributed by atoms with Gasteiger partial charge in [-0.2, -0.15) is 0 Å². The second kappa shape index (κ2) is 6.17. The van der Waals surface area contributed by atoms with Gasteiger partial charge in [-0.1, -0.05) is 18.2 Å². The highest BCUT2D eigenvalue weighted by atomic mass is 16.3. The van der Waals surface area contributed by atoms with E-state index in [1.54, 1.807) is 0 Å². The van der Waals surface area contributed by atoms with Crippen molar-refractivity contribution >= 4 is 11.6 Å². The summed E-state index contributed by atoms with van der Waals surface area (Å²) in [6.07, 6.45) is 2.27. The molecule has 0 aromatic heterocycles. The highest BCUT2D eigenvalue weighted by molar-refractivity contribution is 5.93. The molecule has 104 valence electrons. The molecular weight excluding hydrogens is 240 g/mol. The van der Waals surface area contributed by atoms with E-state index in [9.17, 15) is 4.79 Å². The highest BCUT2D eigenvalue weighted by Gasteiger charge is 2.29. The number of hydrogen-bond donors (Lipinski definition) is 2. The summed E-state index contributed by atoms with van der Waals surface area (Å²) in [4.78, 5) is 14.2. The average molecular weight is 262 g/mol. The SMILES string of the molecule is Cc1cccc(C)c1NC(=O)CN(CCO)C1CC1. The highest BCUT2D eigenvalue weighted by Crippen LogP contribution is 2.26. The van der Waals surface area contributed by atoms with Crippen LogP contribution >= 0.6 is 0 Å². The van der Waals surface area contributed by atoms with E-state index in [1.807, 2.05) is 32.0 Å². The van der Waals surface area contributed by atoms with E-state index in [2.05, 4.69) is 10.2 Å². The summed E-state index contributed by atoms with van der Waals surface area (Å²) in [6.45, 7) is 5.03. The minimum atomic E-state index is -0.00208. The molecule has 1 aromatic rings. The lowest BCUT2D eigenvalue weighted by Crippen LogP contribution is -2.37. The van der Waals surface area contributed by atoms with Gasteiger partial charge >= 0.3 is 0 Å². The molecule has 0 atom stereocenters. The zero-order valence-electron chi connectivity index (χ0n) is 11.6. The molecule has 0 aliphatic heterocycles. The molecule has 2 rings (SSSR count). The molecule has 0 spiro atoms. The van der Waals surface area contributed by atoms with Gasteiger partial charge in [0, 0.05) is 18.3 Å². The van der Waals surface area contributed by atoms with E-state index in [1.165, 1.54) is 0 Å². The second-order valence-electron chi connectivity index (χ2n) is 5.24. The number of aliphatic hydroxyl groups is 1. The average Bonchev–Trinajstić information content (AvgIpc) is 3.18. The Hall–Kier alpha value is -1.39. The first-order valence-electron chi connectivity index (χ1n) is 6.83. The molecule has 1 aliphatic carbocycles. The van der Waals surface area contributed by atoms with Crippen molar-refractivity contribution in [2.75, 3.05) is 25.0 Å². The fourth-order valence-corrected chi connectivity index (χ4v) is 2.33. The molecule has 0 saturated heterocycles. The van der Waals surface area contributed by atoms with Crippen molar-refractivity contribution in [1.29, 1.82) is 0 Å². The van der Waals surface area contributed by atoms with Crippen molar-refractivity contribution in [3.05, 3.63) is 29.3 Å². The third-order valence-electron chi connectivity index (χ3n) is 3.54. The predicted octanol–water partition coefficient (Wildman–Crippen LogP) is 1.70. The van der Waals surface area contributed by atoms with Crippen LogP contribution in [0.3, 0.4) is 0 Å². The van der Waals surface area contributed by atoms with E-state index >= 15 is 0 Å². The quantitative estimate of drug-likeness (QED) is 0.820. The Morgan fingerprint density at radius 1 is 1.37 bits per heavy atom. The summed E-state index contributed by atoms with van der Waals surface area (Å²) < 4.78 is 0. The molecule has 1 fully saturated rings. The minimum absolute atomic E-state index is 0.00208. The second-order valence-corrected chi connectivity index (χ2v) is 5.24. The number of para-hydroxylation sites is 1. The van der Waals surface area contributed by atoms with Crippen molar-refractivity contribution in [3.8, 4) is 0 Å². The molecule has 0 heterocycles. The predicted molar refractivity (Wildman–Crippen MR) is 76.2 cm³/mol. The van der Waals surface area contributed by atoms with Crippen molar-refractivity contribution in [2.24, 2.45) is 0 Å². The molecule has 4 heteroatoms. The largest absolute Gasteiger partial charge is 0.395 e. The summed E-state index contributed by atoms with van der Waals surface area (Å²) in [5.41, 5.74) is 3.06. The Bertz CT molecular complexity index is 435. The zero-order chi connectivity index (χ0) is 13.8. The van der Waals surface area contributed by atoms with Crippen LogP contribution in [0.5, 0.6) is 0 Å². The Labute approximate surface area is 114 Å². The molecule has 0 unspecified atom stereocenters. The maximum Gasteiger partial charge on any atom is 0.238 e. The van der Waals surface area contributed by atoms with Crippen LogP contribution in [0.15, 0.2) is 18.2 Å².